The molecule has 0 saturated carbocycles. The van der Waals surface area contributed by atoms with Crippen molar-refractivity contribution in [3.63, 3.8) is 0 Å². The zero-order valence-corrected chi connectivity index (χ0v) is 16.7. The smallest absolute Gasteiger partial charge is 0.322 e. The highest BCUT2D eigenvalue weighted by molar-refractivity contribution is 7.98. The van der Waals surface area contributed by atoms with Gasteiger partial charge in [0.25, 0.3) is 0 Å². The van der Waals surface area contributed by atoms with E-state index in [4.69, 9.17) is 5.73 Å². The lowest BCUT2D eigenvalue weighted by molar-refractivity contribution is -0.139. The molecule has 0 aliphatic carbocycles. The Morgan fingerprint density at radius 3 is 2.54 bits per heavy atom. The van der Waals surface area contributed by atoms with Gasteiger partial charge in [-0.3, -0.25) is 4.90 Å². The van der Waals surface area contributed by atoms with Gasteiger partial charge in [-0.1, -0.05) is 12.1 Å². The van der Waals surface area contributed by atoms with Gasteiger partial charge in [-0.25, -0.2) is 4.79 Å². The molecule has 3 N–H and O–H groups in total. The number of benzene rings is 2. The summed E-state index contributed by atoms with van der Waals surface area (Å²) in [7, 11) is 0. The van der Waals surface area contributed by atoms with Gasteiger partial charge in [0.15, 0.2) is 0 Å². The van der Waals surface area contributed by atoms with Crippen LogP contribution < -0.4 is 16.0 Å². The van der Waals surface area contributed by atoms with Gasteiger partial charge in [0.05, 0.1) is 5.56 Å². The maximum absolute atomic E-state index is 13.4. The SMILES string of the molecule is CSc1cc2c(cc1C(F)(F)F)N(C(=O)Nc1cccc(C(C)(C)N)c1)CC2. The Morgan fingerprint density at radius 1 is 1.21 bits per heavy atom. The molecule has 4 nitrogen and oxygen atoms in total. The Bertz CT molecular complexity index is 907. The Balaban J connectivity index is 1.89. The Kier molecular flexibility index (Phi) is 5.38. The first-order chi connectivity index (χ1) is 13.0. The minimum absolute atomic E-state index is 0.173. The van der Waals surface area contributed by atoms with E-state index < -0.39 is 23.3 Å². The molecule has 1 heterocycles. The van der Waals surface area contributed by atoms with E-state index in [0.717, 1.165) is 29.0 Å². The summed E-state index contributed by atoms with van der Waals surface area (Å²) in [5.74, 6) is 0. The van der Waals surface area contributed by atoms with Crippen molar-refractivity contribution in [2.45, 2.75) is 36.9 Å². The number of nitrogens with two attached hydrogens (primary N) is 1. The Hall–Kier alpha value is -2.19. The number of alkyl halides is 3. The van der Waals surface area contributed by atoms with Gasteiger partial charge >= 0.3 is 12.2 Å². The van der Waals surface area contributed by atoms with Crippen molar-refractivity contribution in [3.05, 3.63) is 53.1 Å². The lowest BCUT2D eigenvalue weighted by Gasteiger charge is -2.22. The van der Waals surface area contributed by atoms with E-state index in [1.807, 2.05) is 19.9 Å². The molecule has 1 aliphatic rings. The van der Waals surface area contributed by atoms with Crippen molar-refractivity contribution in [1.82, 2.24) is 0 Å². The molecule has 0 spiro atoms. The van der Waals surface area contributed by atoms with Crippen molar-refractivity contribution >= 4 is 29.2 Å². The summed E-state index contributed by atoms with van der Waals surface area (Å²) in [6.45, 7) is 4.04. The number of urea groups is 1. The molecule has 3 rings (SSSR count). The number of anilines is 2. The standard InChI is InChI=1S/C20H22F3N3OS/c1-19(2,24)13-5-4-6-14(10-13)25-18(27)26-8-7-12-9-17(28-3)15(11-16(12)26)20(21,22)23/h4-6,9-11H,7-8,24H2,1-3H3,(H,25,27). The molecule has 2 amide bonds. The first-order valence-electron chi connectivity index (χ1n) is 8.77. The minimum atomic E-state index is -4.47. The van der Waals surface area contributed by atoms with E-state index in [1.54, 1.807) is 24.5 Å². The number of thioether (sulfide) groups is 1. The largest absolute Gasteiger partial charge is 0.417 e. The second-order valence-corrected chi connectivity index (χ2v) is 8.16. The van der Waals surface area contributed by atoms with E-state index >= 15 is 0 Å². The number of fused-ring (bicyclic) bond motifs is 1. The molecule has 2 aromatic rings. The number of nitrogens with one attached hydrogen (secondary N) is 1. The Morgan fingerprint density at radius 2 is 1.93 bits per heavy atom. The summed E-state index contributed by atoms with van der Waals surface area (Å²) in [4.78, 5) is 14.3. The number of rotatable bonds is 3. The average molecular weight is 409 g/mol. The summed E-state index contributed by atoms with van der Waals surface area (Å²) in [6.07, 6.45) is -2.34. The van der Waals surface area contributed by atoms with Crippen LogP contribution in [-0.4, -0.2) is 18.8 Å². The van der Waals surface area contributed by atoms with Gasteiger partial charge in [-0.05, 0) is 61.9 Å². The Labute approximate surface area is 166 Å². The molecule has 0 unspecified atom stereocenters. The number of hydrogen-bond acceptors (Lipinski definition) is 3. The number of amides is 2. The van der Waals surface area contributed by atoms with Gasteiger partial charge in [-0.2, -0.15) is 13.2 Å². The molecule has 0 radical (unpaired) electrons. The molecule has 0 saturated heterocycles. The molecule has 0 fully saturated rings. The zero-order chi connectivity index (χ0) is 20.7. The summed E-state index contributed by atoms with van der Waals surface area (Å²) >= 11 is 1.05. The molecular formula is C20H22F3N3OS. The van der Waals surface area contributed by atoms with Gasteiger partial charge in [0.1, 0.15) is 0 Å². The second-order valence-electron chi connectivity index (χ2n) is 7.31. The van der Waals surface area contributed by atoms with E-state index in [9.17, 15) is 18.0 Å². The predicted molar refractivity (Wildman–Crippen MR) is 107 cm³/mol. The topological polar surface area (TPSA) is 58.4 Å². The van der Waals surface area contributed by atoms with Crippen LogP contribution >= 0.6 is 11.8 Å². The molecule has 0 atom stereocenters. The molecule has 1 aliphatic heterocycles. The van der Waals surface area contributed by atoms with Gasteiger partial charge < -0.3 is 11.1 Å². The van der Waals surface area contributed by atoms with Gasteiger partial charge in [0, 0.05) is 28.4 Å². The molecule has 0 aromatic heterocycles. The number of carbonyl (C=O) groups excluding carboxylic acids is 1. The first kappa shape index (κ1) is 20.5. The fraction of sp³-hybridized carbons (Fsp3) is 0.350. The lowest BCUT2D eigenvalue weighted by Crippen LogP contribution is -2.34. The summed E-state index contributed by atoms with van der Waals surface area (Å²) in [5, 5.41) is 2.77. The van der Waals surface area contributed by atoms with Crippen LogP contribution in [-0.2, 0) is 18.1 Å². The third kappa shape index (κ3) is 4.12. The van der Waals surface area contributed by atoms with Crippen molar-refractivity contribution in [3.8, 4) is 0 Å². The monoisotopic (exact) mass is 409 g/mol. The lowest BCUT2D eigenvalue weighted by atomic mass is 9.95. The molecular weight excluding hydrogens is 387 g/mol. The van der Waals surface area contributed by atoms with E-state index in [0.29, 0.717) is 24.3 Å². The molecule has 0 bridgehead atoms. The maximum Gasteiger partial charge on any atom is 0.417 e. The van der Waals surface area contributed by atoms with Crippen molar-refractivity contribution in [1.29, 1.82) is 0 Å². The summed E-state index contributed by atoms with van der Waals surface area (Å²) in [5.41, 5.74) is 7.24. The number of halogens is 3. The zero-order valence-electron chi connectivity index (χ0n) is 15.9. The third-order valence-electron chi connectivity index (χ3n) is 4.70. The van der Waals surface area contributed by atoms with Crippen LogP contribution in [0.25, 0.3) is 0 Å². The maximum atomic E-state index is 13.4. The normalized spacial score (nSPS) is 14.2. The number of hydrogen-bond donors (Lipinski definition) is 2. The predicted octanol–water partition coefficient (Wildman–Crippen LogP) is 5.22. The molecule has 2 aromatic carbocycles. The average Bonchev–Trinajstić information content (AvgIpc) is 3.02. The van der Waals surface area contributed by atoms with Crippen LogP contribution in [0, 0.1) is 0 Å². The minimum Gasteiger partial charge on any atom is -0.322 e. The van der Waals surface area contributed by atoms with Crippen molar-refractivity contribution in [2.24, 2.45) is 5.73 Å². The quantitative estimate of drug-likeness (QED) is 0.684. The highest BCUT2D eigenvalue weighted by atomic mass is 32.2. The fourth-order valence-corrected chi connectivity index (χ4v) is 3.86. The van der Waals surface area contributed by atoms with Crippen molar-refractivity contribution in [2.75, 3.05) is 23.0 Å². The third-order valence-corrected chi connectivity index (χ3v) is 5.48. The van der Waals surface area contributed by atoms with Crippen LogP contribution in [0.1, 0.15) is 30.5 Å². The van der Waals surface area contributed by atoms with Crippen LogP contribution in [0.15, 0.2) is 41.3 Å². The summed E-state index contributed by atoms with van der Waals surface area (Å²) < 4.78 is 40.2. The fourth-order valence-electron chi connectivity index (χ4n) is 3.20. The van der Waals surface area contributed by atoms with Gasteiger partial charge in [0.2, 0.25) is 0 Å². The first-order valence-corrected chi connectivity index (χ1v) is 9.99. The highest BCUT2D eigenvalue weighted by Crippen LogP contribution is 2.42. The van der Waals surface area contributed by atoms with Crippen LogP contribution in [0.5, 0.6) is 0 Å². The van der Waals surface area contributed by atoms with Crippen LogP contribution in [0.3, 0.4) is 0 Å². The van der Waals surface area contributed by atoms with E-state index in [-0.39, 0.29) is 4.90 Å². The highest BCUT2D eigenvalue weighted by Gasteiger charge is 2.36. The van der Waals surface area contributed by atoms with E-state index in [2.05, 4.69) is 5.32 Å². The van der Waals surface area contributed by atoms with E-state index in [1.165, 1.54) is 11.0 Å². The summed E-state index contributed by atoms with van der Waals surface area (Å²) in [6, 6.07) is 9.29. The van der Waals surface area contributed by atoms with Gasteiger partial charge in [-0.15, -0.1) is 11.8 Å². The molecule has 28 heavy (non-hydrogen) atoms. The number of nitrogens with zero attached hydrogens (tertiary/aromatic N) is 1. The molecule has 8 heteroatoms. The molecule has 150 valence electrons. The van der Waals surface area contributed by atoms with Crippen LogP contribution in [0.2, 0.25) is 0 Å². The number of carbonyl (C=O) groups is 1. The van der Waals surface area contributed by atoms with Crippen molar-refractivity contribution < 1.29 is 18.0 Å². The second kappa shape index (κ2) is 7.33. The van der Waals surface area contributed by atoms with Crippen LogP contribution in [0.4, 0.5) is 29.3 Å².